The summed E-state index contributed by atoms with van der Waals surface area (Å²) in [5.74, 6) is 0. The molecule has 0 heterocycles. The van der Waals surface area contributed by atoms with Crippen LogP contribution in [0.2, 0.25) is 0 Å². The van der Waals surface area contributed by atoms with Crippen LogP contribution in [0.5, 0.6) is 0 Å². The van der Waals surface area contributed by atoms with Crippen molar-refractivity contribution in [2.45, 2.75) is 0 Å². The molecule has 11 aromatic rings. The molecule has 11 aromatic carbocycles. The van der Waals surface area contributed by atoms with Gasteiger partial charge in [-0.15, -0.1) is 0 Å². The van der Waals surface area contributed by atoms with E-state index in [0.717, 1.165) is 34.1 Å². The topological polar surface area (TPSA) is 6.48 Å². The van der Waals surface area contributed by atoms with Crippen molar-refractivity contribution in [3.63, 3.8) is 0 Å². The molecule has 0 N–H and O–H groups in total. The van der Waals surface area contributed by atoms with Crippen molar-refractivity contribution in [3.8, 4) is 33.4 Å². The summed E-state index contributed by atoms with van der Waals surface area (Å²) in [4.78, 5) is 4.64. The molecular weight excluding hydrogens is 749 g/mol. The summed E-state index contributed by atoms with van der Waals surface area (Å²) in [5, 5.41) is 7.49. The van der Waals surface area contributed by atoms with E-state index in [4.69, 9.17) is 0 Å². The molecule has 0 spiro atoms. The summed E-state index contributed by atoms with van der Waals surface area (Å²) >= 11 is 0. The SMILES string of the molecule is c1ccc(N(c2ccccc2)c2ccc(N(c3ccccc3)c3ccc(-c4c5ccccc5c(-c5ccc(-c6ccc7ccccc7c6)cc5)c5ccccc45)cc3)cc2)cc1. The highest BCUT2D eigenvalue weighted by atomic mass is 15.2. The van der Waals surface area contributed by atoms with E-state index in [1.807, 2.05) is 0 Å². The molecule has 0 aliphatic rings. The molecule has 2 heteroatoms. The van der Waals surface area contributed by atoms with Gasteiger partial charge >= 0.3 is 0 Å². The minimum absolute atomic E-state index is 1.08. The summed E-state index contributed by atoms with van der Waals surface area (Å²) in [6.45, 7) is 0. The van der Waals surface area contributed by atoms with Crippen molar-refractivity contribution in [1.82, 2.24) is 0 Å². The summed E-state index contributed by atoms with van der Waals surface area (Å²) < 4.78 is 0. The molecule has 0 aromatic heterocycles. The highest BCUT2D eigenvalue weighted by Gasteiger charge is 2.19. The van der Waals surface area contributed by atoms with E-state index in [1.165, 1.54) is 65.7 Å². The average molecular weight is 791 g/mol. The third-order valence-corrected chi connectivity index (χ3v) is 12.0. The molecule has 0 radical (unpaired) electrons. The van der Waals surface area contributed by atoms with Gasteiger partial charge in [0.05, 0.1) is 0 Å². The molecule has 0 saturated carbocycles. The lowest BCUT2D eigenvalue weighted by molar-refractivity contribution is 1.26. The van der Waals surface area contributed by atoms with Crippen LogP contribution in [0.3, 0.4) is 0 Å². The number of rotatable bonds is 9. The fourth-order valence-electron chi connectivity index (χ4n) is 9.10. The minimum atomic E-state index is 1.08. The van der Waals surface area contributed by atoms with E-state index in [9.17, 15) is 0 Å². The number of hydrogen-bond donors (Lipinski definition) is 0. The third-order valence-electron chi connectivity index (χ3n) is 12.0. The first-order valence-electron chi connectivity index (χ1n) is 21.3. The Hall–Kier alpha value is -8.20. The van der Waals surface area contributed by atoms with Crippen LogP contribution in [0.4, 0.5) is 34.1 Å². The van der Waals surface area contributed by atoms with Crippen LogP contribution >= 0.6 is 0 Å². The Morgan fingerprint density at radius 1 is 0.194 bits per heavy atom. The van der Waals surface area contributed by atoms with Gasteiger partial charge in [-0.25, -0.2) is 0 Å². The lowest BCUT2D eigenvalue weighted by Gasteiger charge is -2.28. The Labute approximate surface area is 362 Å². The monoisotopic (exact) mass is 790 g/mol. The van der Waals surface area contributed by atoms with Crippen molar-refractivity contribution in [2.75, 3.05) is 9.80 Å². The fraction of sp³-hybridized carbons (Fsp3) is 0. The van der Waals surface area contributed by atoms with Gasteiger partial charge in [0, 0.05) is 34.1 Å². The number of nitrogens with zero attached hydrogens (tertiary/aromatic N) is 2. The second-order valence-corrected chi connectivity index (χ2v) is 15.7. The van der Waals surface area contributed by atoms with E-state index < -0.39 is 0 Å². The van der Waals surface area contributed by atoms with Gasteiger partial charge in [-0.1, -0.05) is 176 Å². The van der Waals surface area contributed by atoms with Crippen LogP contribution in [-0.4, -0.2) is 0 Å². The largest absolute Gasteiger partial charge is 0.311 e. The Morgan fingerprint density at radius 3 is 0.903 bits per heavy atom. The van der Waals surface area contributed by atoms with Crippen LogP contribution in [0.25, 0.3) is 65.7 Å². The Kier molecular flexibility index (Phi) is 9.57. The van der Waals surface area contributed by atoms with Crippen LogP contribution in [0.1, 0.15) is 0 Å². The molecule has 0 aliphatic heterocycles. The van der Waals surface area contributed by atoms with Gasteiger partial charge in [-0.2, -0.15) is 0 Å². The van der Waals surface area contributed by atoms with E-state index in [-0.39, 0.29) is 0 Å². The minimum Gasteiger partial charge on any atom is -0.311 e. The number of anilines is 6. The van der Waals surface area contributed by atoms with Crippen molar-refractivity contribution >= 4 is 66.4 Å². The Morgan fingerprint density at radius 2 is 0.484 bits per heavy atom. The van der Waals surface area contributed by atoms with Crippen LogP contribution in [0, 0.1) is 0 Å². The quantitative estimate of drug-likeness (QED) is 0.134. The molecule has 11 rings (SSSR count). The molecule has 0 bridgehead atoms. The standard InChI is InChI=1S/C60H42N2/c1-4-18-49(19-5-1)61(50-20-6-2-7-21-50)53-38-40-54(41-39-53)62(51-22-8-3-9-23-51)52-36-34-46(35-37-52)60-57-26-14-12-24-55(57)59(56-25-13-15-27-58(56)60)45-31-28-44(29-32-45)48-33-30-43-16-10-11-17-47(43)42-48/h1-42H. The highest BCUT2D eigenvalue weighted by molar-refractivity contribution is 6.21. The Bertz CT molecular complexity index is 3210. The predicted octanol–water partition coefficient (Wildman–Crippen LogP) is 17.1. The second-order valence-electron chi connectivity index (χ2n) is 15.7. The first kappa shape index (κ1) is 36.8. The average Bonchev–Trinajstić information content (AvgIpc) is 3.35. The normalized spacial score (nSPS) is 11.2. The van der Waals surface area contributed by atoms with Crippen LogP contribution < -0.4 is 9.80 Å². The van der Waals surface area contributed by atoms with E-state index in [2.05, 4.69) is 265 Å². The van der Waals surface area contributed by atoms with E-state index in [1.54, 1.807) is 0 Å². The summed E-state index contributed by atoms with van der Waals surface area (Å²) in [5.41, 5.74) is 13.9. The predicted molar refractivity (Wildman–Crippen MR) is 265 cm³/mol. The van der Waals surface area contributed by atoms with Gasteiger partial charge < -0.3 is 9.80 Å². The fourth-order valence-corrected chi connectivity index (χ4v) is 9.10. The first-order chi connectivity index (χ1) is 30.8. The molecule has 0 amide bonds. The lowest BCUT2D eigenvalue weighted by atomic mass is 9.85. The molecule has 0 aliphatic carbocycles. The van der Waals surface area contributed by atoms with Crippen molar-refractivity contribution < 1.29 is 0 Å². The molecule has 2 nitrogen and oxygen atoms in total. The van der Waals surface area contributed by atoms with E-state index >= 15 is 0 Å². The molecule has 292 valence electrons. The molecular formula is C60H42N2. The smallest absolute Gasteiger partial charge is 0.0463 e. The van der Waals surface area contributed by atoms with Crippen molar-refractivity contribution in [1.29, 1.82) is 0 Å². The summed E-state index contributed by atoms with van der Waals surface area (Å²) in [7, 11) is 0. The molecule has 0 fully saturated rings. The zero-order chi connectivity index (χ0) is 41.2. The van der Waals surface area contributed by atoms with Gasteiger partial charge in [-0.05, 0) is 145 Å². The zero-order valence-corrected chi connectivity index (χ0v) is 34.1. The highest BCUT2D eigenvalue weighted by Crippen LogP contribution is 2.45. The number of hydrogen-bond acceptors (Lipinski definition) is 2. The second kappa shape index (κ2) is 16.1. The number of para-hydroxylation sites is 3. The number of benzene rings is 11. The van der Waals surface area contributed by atoms with E-state index in [0.29, 0.717) is 0 Å². The summed E-state index contributed by atoms with van der Waals surface area (Å²) in [6.07, 6.45) is 0. The van der Waals surface area contributed by atoms with Gasteiger partial charge in [0.2, 0.25) is 0 Å². The van der Waals surface area contributed by atoms with Crippen molar-refractivity contribution in [3.05, 3.63) is 255 Å². The molecule has 0 atom stereocenters. The van der Waals surface area contributed by atoms with Crippen LogP contribution in [0.15, 0.2) is 255 Å². The van der Waals surface area contributed by atoms with Gasteiger partial charge in [0.15, 0.2) is 0 Å². The van der Waals surface area contributed by atoms with Gasteiger partial charge in [0.25, 0.3) is 0 Å². The summed E-state index contributed by atoms with van der Waals surface area (Å²) in [6, 6.07) is 91.9. The molecule has 62 heavy (non-hydrogen) atoms. The molecule has 0 unspecified atom stereocenters. The zero-order valence-electron chi connectivity index (χ0n) is 34.1. The third kappa shape index (κ3) is 6.84. The van der Waals surface area contributed by atoms with Gasteiger partial charge in [-0.3, -0.25) is 0 Å². The lowest BCUT2D eigenvalue weighted by Crippen LogP contribution is -2.12. The maximum atomic E-state index is 2.34. The van der Waals surface area contributed by atoms with Crippen molar-refractivity contribution in [2.24, 2.45) is 0 Å². The molecule has 0 saturated heterocycles. The maximum Gasteiger partial charge on any atom is 0.0463 e. The maximum absolute atomic E-state index is 2.34. The Balaban J connectivity index is 0.975. The van der Waals surface area contributed by atoms with Crippen LogP contribution in [-0.2, 0) is 0 Å². The van der Waals surface area contributed by atoms with Gasteiger partial charge in [0.1, 0.15) is 0 Å². The number of fused-ring (bicyclic) bond motifs is 3. The first-order valence-corrected chi connectivity index (χ1v) is 21.3.